The molecule has 3 aromatic carbocycles. The maximum Gasteiger partial charge on any atom is 0.212 e. The highest BCUT2D eigenvalue weighted by Gasteiger charge is 2.26. The Morgan fingerprint density at radius 1 is 0.857 bits per heavy atom. The number of ether oxygens (including phenoxy) is 1. The third-order valence-corrected chi connectivity index (χ3v) is 5.06. The van der Waals surface area contributed by atoms with Crippen LogP contribution >= 0.6 is 15.9 Å². The molecule has 28 heavy (non-hydrogen) atoms. The molecule has 0 fully saturated rings. The molecule has 0 saturated carbocycles. The fraction of sp³-hybridized carbons (Fsp3) is 0.0417. The van der Waals surface area contributed by atoms with Crippen LogP contribution in [0.1, 0.15) is 17.0 Å². The van der Waals surface area contributed by atoms with Crippen LogP contribution in [0.25, 0.3) is 5.70 Å². The second-order valence-corrected chi connectivity index (χ2v) is 7.29. The maximum atomic E-state index is 9.90. The van der Waals surface area contributed by atoms with Gasteiger partial charge in [-0.15, -0.1) is 0 Å². The molecule has 0 bridgehead atoms. The minimum atomic E-state index is -0.190. The first-order chi connectivity index (χ1) is 13.7. The summed E-state index contributed by atoms with van der Waals surface area (Å²) in [4.78, 5) is 0. The van der Waals surface area contributed by atoms with E-state index >= 15 is 0 Å². The van der Waals surface area contributed by atoms with Crippen molar-refractivity contribution in [3.8, 4) is 11.8 Å². The number of nitrogens with one attached hydrogen (secondary N) is 1. The zero-order valence-electron chi connectivity index (χ0n) is 15.0. The number of halogens is 1. The molecule has 3 nitrogen and oxygen atoms in total. The van der Waals surface area contributed by atoms with Gasteiger partial charge >= 0.3 is 0 Å². The van der Waals surface area contributed by atoms with Crippen molar-refractivity contribution in [1.82, 2.24) is 5.32 Å². The van der Waals surface area contributed by atoms with E-state index in [0.29, 0.717) is 17.2 Å². The number of allylic oxidation sites excluding steroid dienone is 2. The Labute approximate surface area is 172 Å². The number of hydrogen-bond donors (Lipinski definition) is 1. The van der Waals surface area contributed by atoms with Gasteiger partial charge in [-0.2, -0.15) is 5.26 Å². The fourth-order valence-electron chi connectivity index (χ4n) is 3.15. The maximum absolute atomic E-state index is 9.90. The second kappa shape index (κ2) is 8.16. The van der Waals surface area contributed by atoms with Gasteiger partial charge in [0.05, 0.1) is 0 Å². The van der Waals surface area contributed by atoms with Crippen molar-refractivity contribution in [2.75, 3.05) is 0 Å². The van der Waals surface area contributed by atoms with Crippen molar-refractivity contribution in [3.05, 3.63) is 118 Å². The van der Waals surface area contributed by atoms with Crippen LogP contribution in [0.15, 0.2) is 107 Å². The summed E-state index contributed by atoms with van der Waals surface area (Å²) in [5.74, 6) is 0.953. The van der Waals surface area contributed by atoms with Gasteiger partial charge in [0.15, 0.2) is 0 Å². The van der Waals surface area contributed by atoms with Crippen molar-refractivity contribution >= 4 is 21.6 Å². The summed E-state index contributed by atoms with van der Waals surface area (Å²) < 4.78 is 7.10. The van der Waals surface area contributed by atoms with Crippen LogP contribution < -0.4 is 10.1 Å². The Bertz CT molecular complexity index is 1070. The highest BCUT2D eigenvalue weighted by Crippen LogP contribution is 2.35. The molecule has 1 N–H and O–H groups in total. The van der Waals surface area contributed by atoms with Crippen LogP contribution in [0.3, 0.4) is 0 Å². The number of benzene rings is 3. The van der Waals surface area contributed by atoms with Crippen molar-refractivity contribution in [3.63, 3.8) is 0 Å². The molecule has 4 heteroatoms. The molecule has 0 spiro atoms. The number of nitriles is 1. The Morgan fingerprint density at radius 3 is 2.14 bits per heavy atom. The molecule has 0 aromatic heterocycles. The van der Waals surface area contributed by atoms with Gasteiger partial charge in [-0.1, -0.05) is 76.6 Å². The standard InChI is InChI=1S/C24H17BrN2O/c25-19-13-11-18(12-14-19)23-15-21(17-7-3-1-4-8-17)22(16-26)24(27-23)28-20-9-5-2-6-10-20/h1-15,21,27H/t21-/m0/s1. The highest BCUT2D eigenvalue weighted by molar-refractivity contribution is 9.10. The summed E-state index contributed by atoms with van der Waals surface area (Å²) in [7, 11) is 0. The number of dihydropyridines is 1. The first kappa shape index (κ1) is 18.1. The van der Waals surface area contributed by atoms with Crippen molar-refractivity contribution in [2.24, 2.45) is 0 Å². The van der Waals surface area contributed by atoms with Crippen LogP contribution in [0.2, 0.25) is 0 Å². The van der Waals surface area contributed by atoms with Crippen LogP contribution in [-0.4, -0.2) is 0 Å². The normalized spacial score (nSPS) is 16.0. The van der Waals surface area contributed by atoms with Crippen LogP contribution in [0.5, 0.6) is 5.75 Å². The Morgan fingerprint density at radius 2 is 1.50 bits per heavy atom. The molecular weight excluding hydrogens is 412 g/mol. The Hall–Kier alpha value is -3.29. The van der Waals surface area contributed by atoms with E-state index < -0.39 is 0 Å². The average Bonchev–Trinajstić information content (AvgIpc) is 2.75. The van der Waals surface area contributed by atoms with Crippen molar-refractivity contribution in [2.45, 2.75) is 5.92 Å². The predicted octanol–water partition coefficient (Wildman–Crippen LogP) is 5.99. The molecule has 0 unspecified atom stereocenters. The average molecular weight is 429 g/mol. The summed E-state index contributed by atoms with van der Waals surface area (Å²) in [6.07, 6.45) is 2.08. The molecule has 0 aliphatic carbocycles. The molecule has 4 rings (SSSR count). The van der Waals surface area contributed by atoms with Gasteiger partial charge in [0, 0.05) is 16.1 Å². The molecule has 1 atom stereocenters. The van der Waals surface area contributed by atoms with E-state index in [9.17, 15) is 5.26 Å². The van der Waals surface area contributed by atoms with E-state index in [-0.39, 0.29) is 5.92 Å². The number of nitrogens with zero attached hydrogens (tertiary/aromatic N) is 1. The van der Waals surface area contributed by atoms with Gasteiger partial charge < -0.3 is 10.1 Å². The van der Waals surface area contributed by atoms with Gasteiger partial charge in [-0.25, -0.2) is 0 Å². The fourth-order valence-corrected chi connectivity index (χ4v) is 3.42. The van der Waals surface area contributed by atoms with Crippen LogP contribution in [-0.2, 0) is 0 Å². The first-order valence-corrected chi connectivity index (χ1v) is 9.71. The minimum absolute atomic E-state index is 0.190. The smallest absolute Gasteiger partial charge is 0.212 e. The lowest BCUT2D eigenvalue weighted by atomic mass is 9.88. The van der Waals surface area contributed by atoms with E-state index in [1.165, 1.54) is 0 Å². The lowest BCUT2D eigenvalue weighted by Gasteiger charge is -2.26. The van der Waals surface area contributed by atoms with E-state index in [2.05, 4.69) is 33.4 Å². The molecule has 1 aliphatic heterocycles. The Balaban J connectivity index is 1.79. The van der Waals surface area contributed by atoms with Crippen molar-refractivity contribution < 1.29 is 4.74 Å². The molecule has 0 amide bonds. The molecule has 1 heterocycles. The predicted molar refractivity (Wildman–Crippen MR) is 114 cm³/mol. The molecule has 0 saturated heterocycles. The summed E-state index contributed by atoms with van der Waals surface area (Å²) in [6.45, 7) is 0. The highest BCUT2D eigenvalue weighted by atomic mass is 79.9. The summed E-state index contributed by atoms with van der Waals surface area (Å²) >= 11 is 3.48. The molecule has 1 aliphatic rings. The molecule has 0 radical (unpaired) electrons. The summed E-state index contributed by atoms with van der Waals surface area (Å²) in [6, 6.07) is 29.9. The van der Waals surface area contributed by atoms with Crippen molar-refractivity contribution in [1.29, 1.82) is 5.26 Å². The zero-order chi connectivity index (χ0) is 19.3. The number of para-hydroxylation sites is 1. The third kappa shape index (κ3) is 3.85. The second-order valence-electron chi connectivity index (χ2n) is 6.37. The van der Waals surface area contributed by atoms with E-state index in [0.717, 1.165) is 21.3 Å². The largest absolute Gasteiger partial charge is 0.440 e. The van der Waals surface area contributed by atoms with E-state index in [1.54, 1.807) is 0 Å². The minimum Gasteiger partial charge on any atom is -0.440 e. The van der Waals surface area contributed by atoms with Gasteiger partial charge in [-0.3, -0.25) is 0 Å². The first-order valence-electron chi connectivity index (χ1n) is 8.91. The summed E-state index contributed by atoms with van der Waals surface area (Å²) in [5, 5.41) is 13.2. The van der Waals surface area contributed by atoms with Crippen LogP contribution in [0.4, 0.5) is 0 Å². The topological polar surface area (TPSA) is 45.0 Å². The van der Waals surface area contributed by atoms with E-state index in [1.807, 2.05) is 84.9 Å². The van der Waals surface area contributed by atoms with Gasteiger partial charge in [0.25, 0.3) is 0 Å². The third-order valence-electron chi connectivity index (χ3n) is 4.53. The molecule has 136 valence electrons. The number of rotatable bonds is 4. The number of hydrogen-bond acceptors (Lipinski definition) is 3. The lowest BCUT2D eigenvalue weighted by molar-refractivity contribution is 0.390. The zero-order valence-corrected chi connectivity index (χ0v) is 16.6. The lowest BCUT2D eigenvalue weighted by Crippen LogP contribution is -2.25. The SMILES string of the molecule is N#CC1=C(Oc2ccccc2)NC(c2ccc(Br)cc2)=C[C@H]1c1ccccc1. The van der Waals surface area contributed by atoms with Gasteiger partial charge in [-0.05, 0) is 41.5 Å². The quantitative estimate of drug-likeness (QED) is 0.554. The monoisotopic (exact) mass is 428 g/mol. The van der Waals surface area contributed by atoms with Gasteiger partial charge in [0.2, 0.25) is 5.88 Å². The Kier molecular flexibility index (Phi) is 5.27. The van der Waals surface area contributed by atoms with Crippen LogP contribution in [0, 0.1) is 11.3 Å². The molecule has 3 aromatic rings. The molecular formula is C24H17BrN2O. The summed E-state index contributed by atoms with van der Waals surface area (Å²) in [5.41, 5.74) is 3.53. The van der Waals surface area contributed by atoms with E-state index in [4.69, 9.17) is 4.74 Å². The van der Waals surface area contributed by atoms with Gasteiger partial charge in [0.1, 0.15) is 17.4 Å².